The topological polar surface area (TPSA) is 41.5 Å². The molecule has 3 rings (SSSR count). The summed E-state index contributed by atoms with van der Waals surface area (Å²) in [5.41, 5.74) is 4.75. The minimum Gasteiger partial charge on any atom is -0.392 e. The van der Waals surface area contributed by atoms with Gasteiger partial charge in [0.15, 0.2) is 0 Å². The Labute approximate surface area is 151 Å². The maximum Gasteiger partial charge on any atom is 0.0865 e. The van der Waals surface area contributed by atoms with Gasteiger partial charge in [-0.2, -0.15) is 0 Å². The first kappa shape index (κ1) is 18.1. The molecule has 0 saturated carbocycles. The van der Waals surface area contributed by atoms with E-state index in [0.717, 1.165) is 25.1 Å². The normalized spacial score (nSPS) is 21.9. The number of ether oxygens (including phenoxy) is 1. The second-order valence-corrected chi connectivity index (χ2v) is 7.14. The Morgan fingerprint density at radius 3 is 2.76 bits per heavy atom. The van der Waals surface area contributed by atoms with Crippen molar-refractivity contribution < 1.29 is 9.84 Å². The number of aliphatic hydroxyl groups excluding tert-OH is 1. The summed E-state index contributed by atoms with van der Waals surface area (Å²) in [6, 6.07) is 17.2. The standard InChI is InChI=1S/C22H29NO2/c1-16-8-10-19(11-9-16)22-21(7-4-12-25-22)14-23-17(2)20-6-3-5-18(13-20)15-24/h3,5-6,8-11,13,17,21-24H,4,7,12,14-15H2,1-2H3. The van der Waals surface area contributed by atoms with Crippen molar-refractivity contribution >= 4 is 0 Å². The molecule has 0 aliphatic carbocycles. The summed E-state index contributed by atoms with van der Waals surface area (Å²) in [5, 5.41) is 13.0. The molecule has 1 saturated heterocycles. The van der Waals surface area contributed by atoms with Crippen LogP contribution in [0.1, 0.15) is 54.2 Å². The fourth-order valence-electron chi connectivity index (χ4n) is 3.58. The van der Waals surface area contributed by atoms with E-state index in [1.54, 1.807) is 0 Å². The van der Waals surface area contributed by atoms with Gasteiger partial charge in [0.25, 0.3) is 0 Å². The molecule has 0 amide bonds. The van der Waals surface area contributed by atoms with E-state index in [0.29, 0.717) is 5.92 Å². The van der Waals surface area contributed by atoms with E-state index < -0.39 is 0 Å². The number of hydrogen-bond acceptors (Lipinski definition) is 3. The van der Waals surface area contributed by atoms with E-state index in [2.05, 4.69) is 55.6 Å². The molecule has 3 heteroatoms. The van der Waals surface area contributed by atoms with Crippen LogP contribution in [0, 0.1) is 12.8 Å². The summed E-state index contributed by atoms with van der Waals surface area (Å²) >= 11 is 0. The van der Waals surface area contributed by atoms with Gasteiger partial charge in [0, 0.05) is 25.1 Å². The Morgan fingerprint density at radius 2 is 2.00 bits per heavy atom. The van der Waals surface area contributed by atoms with Crippen molar-refractivity contribution in [2.24, 2.45) is 5.92 Å². The van der Waals surface area contributed by atoms with E-state index in [-0.39, 0.29) is 18.8 Å². The van der Waals surface area contributed by atoms with Crippen molar-refractivity contribution in [3.63, 3.8) is 0 Å². The molecule has 0 spiro atoms. The van der Waals surface area contributed by atoms with Crippen LogP contribution in [-0.4, -0.2) is 18.3 Å². The molecular formula is C22H29NO2. The van der Waals surface area contributed by atoms with Gasteiger partial charge in [0.1, 0.15) is 0 Å². The zero-order valence-corrected chi connectivity index (χ0v) is 15.2. The van der Waals surface area contributed by atoms with Gasteiger partial charge < -0.3 is 15.2 Å². The number of rotatable bonds is 6. The lowest BCUT2D eigenvalue weighted by Gasteiger charge is -2.33. The van der Waals surface area contributed by atoms with Crippen LogP contribution in [0.5, 0.6) is 0 Å². The van der Waals surface area contributed by atoms with Crippen LogP contribution in [0.2, 0.25) is 0 Å². The molecule has 25 heavy (non-hydrogen) atoms. The third-order valence-corrected chi connectivity index (χ3v) is 5.17. The highest BCUT2D eigenvalue weighted by Gasteiger charge is 2.27. The average molecular weight is 339 g/mol. The van der Waals surface area contributed by atoms with Crippen LogP contribution in [0.15, 0.2) is 48.5 Å². The zero-order chi connectivity index (χ0) is 17.6. The third-order valence-electron chi connectivity index (χ3n) is 5.17. The lowest BCUT2D eigenvalue weighted by molar-refractivity contribution is -0.0283. The van der Waals surface area contributed by atoms with Gasteiger partial charge in [-0.15, -0.1) is 0 Å². The van der Waals surface area contributed by atoms with Crippen molar-refractivity contribution in [3.05, 3.63) is 70.8 Å². The molecule has 134 valence electrons. The van der Waals surface area contributed by atoms with Crippen molar-refractivity contribution in [1.29, 1.82) is 0 Å². The van der Waals surface area contributed by atoms with Gasteiger partial charge >= 0.3 is 0 Å². The average Bonchev–Trinajstić information content (AvgIpc) is 2.67. The minimum atomic E-state index is 0.0898. The van der Waals surface area contributed by atoms with Gasteiger partial charge in [-0.1, -0.05) is 54.1 Å². The molecule has 2 N–H and O–H groups in total. The number of nitrogens with one attached hydrogen (secondary N) is 1. The van der Waals surface area contributed by atoms with E-state index in [1.807, 2.05) is 12.1 Å². The van der Waals surface area contributed by atoms with Crippen LogP contribution in [0.25, 0.3) is 0 Å². The highest BCUT2D eigenvalue weighted by atomic mass is 16.5. The number of hydrogen-bond donors (Lipinski definition) is 2. The minimum absolute atomic E-state index is 0.0898. The fraction of sp³-hybridized carbons (Fsp3) is 0.455. The van der Waals surface area contributed by atoms with Crippen molar-refractivity contribution in [2.45, 2.75) is 45.4 Å². The Hall–Kier alpha value is -1.68. The lowest BCUT2D eigenvalue weighted by atomic mass is 9.88. The fourth-order valence-corrected chi connectivity index (χ4v) is 3.58. The van der Waals surface area contributed by atoms with Gasteiger partial charge in [-0.3, -0.25) is 0 Å². The van der Waals surface area contributed by atoms with E-state index in [9.17, 15) is 5.11 Å². The van der Waals surface area contributed by atoms with E-state index >= 15 is 0 Å². The Morgan fingerprint density at radius 1 is 1.20 bits per heavy atom. The molecule has 3 atom stereocenters. The van der Waals surface area contributed by atoms with Crippen LogP contribution in [0.3, 0.4) is 0 Å². The molecule has 1 aliphatic heterocycles. The third kappa shape index (κ3) is 4.69. The smallest absolute Gasteiger partial charge is 0.0865 e. The SMILES string of the molecule is Cc1ccc(C2OCCCC2CNC(C)c2cccc(CO)c2)cc1. The second-order valence-electron chi connectivity index (χ2n) is 7.14. The van der Waals surface area contributed by atoms with Gasteiger partial charge in [0.2, 0.25) is 0 Å². The number of aryl methyl sites for hydroxylation is 1. The quantitative estimate of drug-likeness (QED) is 0.824. The summed E-state index contributed by atoms with van der Waals surface area (Å²) in [5.74, 6) is 0.486. The monoisotopic (exact) mass is 339 g/mol. The molecule has 2 aromatic carbocycles. The summed E-state index contributed by atoms with van der Waals surface area (Å²) in [6.07, 6.45) is 2.50. The highest BCUT2D eigenvalue weighted by molar-refractivity contribution is 5.26. The van der Waals surface area contributed by atoms with E-state index in [4.69, 9.17) is 4.74 Å². The highest BCUT2D eigenvalue weighted by Crippen LogP contribution is 2.33. The second kappa shape index (κ2) is 8.61. The van der Waals surface area contributed by atoms with Gasteiger partial charge in [0.05, 0.1) is 12.7 Å². The Bertz CT molecular complexity index is 668. The Kier molecular flexibility index (Phi) is 6.24. The first-order chi connectivity index (χ1) is 12.2. The molecular weight excluding hydrogens is 310 g/mol. The molecule has 0 bridgehead atoms. The molecule has 3 unspecified atom stereocenters. The first-order valence-electron chi connectivity index (χ1n) is 9.28. The summed E-state index contributed by atoms with van der Waals surface area (Å²) in [4.78, 5) is 0. The molecule has 1 aliphatic rings. The maximum absolute atomic E-state index is 9.32. The molecule has 1 heterocycles. The maximum atomic E-state index is 9.32. The van der Waals surface area contributed by atoms with Crippen LogP contribution in [-0.2, 0) is 11.3 Å². The molecule has 1 fully saturated rings. The summed E-state index contributed by atoms with van der Waals surface area (Å²) in [6.45, 7) is 6.17. The van der Waals surface area contributed by atoms with Gasteiger partial charge in [-0.05, 0) is 43.4 Å². The van der Waals surface area contributed by atoms with Crippen molar-refractivity contribution in [2.75, 3.05) is 13.2 Å². The van der Waals surface area contributed by atoms with Crippen LogP contribution >= 0.6 is 0 Å². The van der Waals surface area contributed by atoms with Gasteiger partial charge in [-0.25, -0.2) is 0 Å². The summed E-state index contributed by atoms with van der Waals surface area (Å²) in [7, 11) is 0. The predicted octanol–water partition coefficient (Wildman–Crippen LogP) is 4.31. The molecule has 0 radical (unpaired) electrons. The van der Waals surface area contributed by atoms with E-state index in [1.165, 1.54) is 23.1 Å². The molecule has 0 aromatic heterocycles. The first-order valence-corrected chi connectivity index (χ1v) is 9.28. The van der Waals surface area contributed by atoms with Crippen LogP contribution in [0.4, 0.5) is 0 Å². The largest absolute Gasteiger partial charge is 0.392 e. The number of benzene rings is 2. The summed E-state index contributed by atoms with van der Waals surface area (Å²) < 4.78 is 6.12. The number of aliphatic hydroxyl groups is 1. The molecule has 2 aromatic rings. The lowest BCUT2D eigenvalue weighted by Crippen LogP contribution is -2.33. The Balaban J connectivity index is 1.64. The van der Waals surface area contributed by atoms with Crippen LogP contribution < -0.4 is 5.32 Å². The predicted molar refractivity (Wildman–Crippen MR) is 101 cm³/mol. The van der Waals surface area contributed by atoms with Crippen molar-refractivity contribution in [3.8, 4) is 0 Å². The molecule has 3 nitrogen and oxygen atoms in total. The van der Waals surface area contributed by atoms with Crippen molar-refractivity contribution in [1.82, 2.24) is 5.32 Å². The zero-order valence-electron chi connectivity index (χ0n) is 15.2.